The Hall–Kier alpha value is -2.93. The molecule has 0 radical (unpaired) electrons. The second-order valence-electron chi connectivity index (χ2n) is 6.24. The molecule has 28 heavy (non-hydrogen) atoms. The summed E-state index contributed by atoms with van der Waals surface area (Å²) < 4.78 is 0. The van der Waals surface area contributed by atoms with Crippen LogP contribution >= 0.6 is 11.8 Å². The first-order valence-corrected chi connectivity index (χ1v) is 9.55. The van der Waals surface area contributed by atoms with Crippen molar-refractivity contribution in [3.05, 3.63) is 60.2 Å². The zero-order chi connectivity index (χ0) is 20.7. The van der Waals surface area contributed by atoms with Gasteiger partial charge in [-0.1, -0.05) is 66.4 Å². The number of benzene rings is 2. The molecule has 2 aromatic carbocycles. The molecule has 0 aliphatic rings. The fourth-order valence-electron chi connectivity index (χ4n) is 2.56. The van der Waals surface area contributed by atoms with Crippen molar-refractivity contribution in [2.75, 3.05) is 0 Å². The Morgan fingerprint density at radius 3 is 2.07 bits per heavy atom. The topological polar surface area (TPSA) is 101 Å². The van der Waals surface area contributed by atoms with E-state index in [4.69, 9.17) is 5.11 Å². The summed E-state index contributed by atoms with van der Waals surface area (Å²) in [5, 5.41) is 9.97. The second kappa shape index (κ2) is 9.85. The van der Waals surface area contributed by atoms with Gasteiger partial charge in [0.25, 0.3) is 0 Å². The lowest BCUT2D eigenvalue weighted by Gasteiger charge is -2.15. The van der Waals surface area contributed by atoms with E-state index in [9.17, 15) is 19.2 Å². The van der Waals surface area contributed by atoms with Crippen LogP contribution in [0.25, 0.3) is 11.1 Å². The number of hydrogen-bond donors (Lipinski definition) is 2. The highest BCUT2D eigenvalue weighted by molar-refractivity contribution is 8.14. The maximum atomic E-state index is 12.8. The van der Waals surface area contributed by atoms with E-state index in [2.05, 4.69) is 5.32 Å². The van der Waals surface area contributed by atoms with Crippen molar-refractivity contribution in [3.63, 3.8) is 0 Å². The first-order chi connectivity index (χ1) is 13.3. The van der Waals surface area contributed by atoms with Gasteiger partial charge in [-0.15, -0.1) is 0 Å². The average molecular weight is 399 g/mol. The minimum atomic E-state index is -1.17. The highest BCUT2D eigenvalue weighted by Gasteiger charge is 2.26. The molecular weight excluding hydrogens is 378 g/mol. The van der Waals surface area contributed by atoms with Crippen molar-refractivity contribution in [2.24, 2.45) is 0 Å². The highest BCUT2D eigenvalue weighted by atomic mass is 32.2. The predicted molar refractivity (Wildman–Crippen MR) is 108 cm³/mol. The molecule has 0 saturated heterocycles. The molecule has 0 saturated carbocycles. The Balaban J connectivity index is 2.14. The number of rotatable bonds is 8. The summed E-state index contributed by atoms with van der Waals surface area (Å²) in [4.78, 5) is 47.3. The molecule has 0 spiro atoms. The number of carboxylic acids is 1. The van der Waals surface area contributed by atoms with Crippen LogP contribution in [-0.4, -0.2) is 39.2 Å². The van der Waals surface area contributed by atoms with E-state index in [1.807, 2.05) is 42.5 Å². The average Bonchev–Trinajstić information content (AvgIpc) is 2.67. The van der Waals surface area contributed by atoms with Gasteiger partial charge in [-0.2, -0.15) is 0 Å². The first kappa shape index (κ1) is 21.4. The van der Waals surface area contributed by atoms with Crippen LogP contribution in [0.1, 0.15) is 30.6 Å². The smallest absolute Gasteiger partial charge is 0.325 e. The number of amides is 1. The third-order valence-electron chi connectivity index (χ3n) is 4.00. The van der Waals surface area contributed by atoms with Gasteiger partial charge in [0.15, 0.2) is 10.9 Å². The molecule has 1 unspecified atom stereocenters. The van der Waals surface area contributed by atoms with Crippen LogP contribution in [0, 0.1) is 0 Å². The third kappa shape index (κ3) is 6.06. The summed E-state index contributed by atoms with van der Waals surface area (Å²) in [5.74, 6) is -2.12. The monoisotopic (exact) mass is 399 g/mol. The van der Waals surface area contributed by atoms with E-state index in [0.717, 1.165) is 22.9 Å². The Kier molecular flexibility index (Phi) is 7.52. The van der Waals surface area contributed by atoms with Gasteiger partial charge < -0.3 is 10.4 Å². The number of carboxylic acid groups (broad SMARTS) is 1. The number of hydrogen-bond acceptors (Lipinski definition) is 5. The summed E-state index contributed by atoms with van der Waals surface area (Å²) in [6.45, 7) is 2.65. The molecule has 0 aliphatic heterocycles. The number of carbonyl (C=O) groups is 4. The number of aliphatic carboxylic acids is 1. The minimum absolute atomic E-state index is 0.277. The van der Waals surface area contributed by atoms with Crippen LogP contribution in [0.15, 0.2) is 54.6 Å². The zero-order valence-corrected chi connectivity index (χ0v) is 16.4. The third-order valence-corrected chi connectivity index (χ3v) is 4.99. The molecule has 1 amide bonds. The predicted octanol–water partition coefficient (Wildman–Crippen LogP) is 3.16. The van der Waals surface area contributed by atoms with Gasteiger partial charge in [-0.25, -0.2) is 0 Å². The maximum absolute atomic E-state index is 12.8. The largest absolute Gasteiger partial charge is 0.480 e. The van der Waals surface area contributed by atoms with Crippen molar-refractivity contribution in [1.29, 1.82) is 0 Å². The van der Waals surface area contributed by atoms with Gasteiger partial charge in [0.2, 0.25) is 5.91 Å². The van der Waals surface area contributed by atoms with E-state index in [1.165, 1.54) is 13.8 Å². The van der Waals surface area contributed by atoms with E-state index < -0.39 is 23.2 Å². The van der Waals surface area contributed by atoms with Gasteiger partial charge in [0.05, 0.1) is 5.25 Å². The summed E-state index contributed by atoms with van der Waals surface area (Å²) in [6, 6.07) is 15.5. The van der Waals surface area contributed by atoms with Gasteiger partial charge in [0, 0.05) is 18.9 Å². The van der Waals surface area contributed by atoms with Crippen molar-refractivity contribution < 1.29 is 24.3 Å². The van der Waals surface area contributed by atoms with Gasteiger partial charge in [-0.05, 0) is 18.1 Å². The normalized spacial score (nSPS) is 12.6. The molecule has 6 nitrogen and oxygen atoms in total. The molecule has 2 N–H and O–H groups in total. The van der Waals surface area contributed by atoms with E-state index >= 15 is 0 Å². The van der Waals surface area contributed by atoms with Crippen LogP contribution in [-0.2, 0) is 14.4 Å². The molecule has 2 atom stereocenters. The molecule has 0 fully saturated rings. The van der Waals surface area contributed by atoms with Crippen molar-refractivity contribution >= 4 is 34.5 Å². The summed E-state index contributed by atoms with van der Waals surface area (Å²) >= 11 is 0.770. The summed E-state index contributed by atoms with van der Waals surface area (Å²) in [6.07, 6.45) is -0.277. The Morgan fingerprint density at radius 2 is 1.54 bits per heavy atom. The standard InChI is InChI=1S/C21H21NO5S/c1-13(21(26)27)22-19(24)12-18(28-14(2)23)20(25)17-10-8-16(9-11-17)15-6-4-3-5-7-15/h3-11,13,18H,12H2,1-2H3,(H,22,24)(H,26,27)/t13-,18?/m0/s1. The molecule has 0 aliphatic carbocycles. The molecule has 2 rings (SSSR count). The van der Waals surface area contributed by atoms with Crippen molar-refractivity contribution in [3.8, 4) is 11.1 Å². The van der Waals surface area contributed by atoms with Gasteiger partial charge >= 0.3 is 5.97 Å². The molecule has 146 valence electrons. The lowest BCUT2D eigenvalue weighted by molar-refractivity contribution is -0.141. The molecule has 7 heteroatoms. The first-order valence-electron chi connectivity index (χ1n) is 8.67. The van der Waals surface area contributed by atoms with E-state index in [1.54, 1.807) is 12.1 Å². The zero-order valence-electron chi connectivity index (χ0n) is 15.5. The molecular formula is C21H21NO5S. The fraction of sp³-hybridized carbons (Fsp3) is 0.238. The lowest BCUT2D eigenvalue weighted by Crippen LogP contribution is -2.40. The number of ketones is 1. The Morgan fingerprint density at radius 1 is 0.964 bits per heavy atom. The van der Waals surface area contributed by atoms with Gasteiger partial charge in [-0.3, -0.25) is 19.2 Å². The highest BCUT2D eigenvalue weighted by Crippen LogP contribution is 2.24. The van der Waals surface area contributed by atoms with Crippen LogP contribution in [0.4, 0.5) is 0 Å². The van der Waals surface area contributed by atoms with Crippen LogP contribution in [0.2, 0.25) is 0 Å². The molecule has 2 aromatic rings. The number of thioether (sulfide) groups is 1. The molecule has 0 aromatic heterocycles. The van der Waals surface area contributed by atoms with E-state index in [-0.39, 0.29) is 17.3 Å². The quantitative estimate of drug-likeness (QED) is 0.662. The van der Waals surface area contributed by atoms with Crippen molar-refractivity contribution in [1.82, 2.24) is 5.32 Å². The van der Waals surface area contributed by atoms with Crippen LogP contribution in [0.3, 0.4) is 0 Å². The number of carbonyl (C=O) groups excluding carboxylic acids is 3. The fourth-order valence-corrected chi connectivity index (χ4v) is 3.44. The number of Topliss-reactive ketones (excluding diaryl/α,β-unsaturated/α-hetero) is 1. The summed E-state index contributed by atoms with van der Waals surface area (Å²) in [7, 11) is 0. The SMILES string of the molecule is CC(=O)SC(CC(=O)N[C@@H](C)C(=O)O)C(=O)c1ccc(-c2ccccc2)cc1. The minimum Gasteiger partial charge on any atom is -0.480 e. The Bertz CT molecular complexity index is 864. The summed E-state index contributed by atoms with van der Waals surface area (Å²) in [5.41, 5.74) is 2.34. The van der Waals surface area contributed by atoms with Crippen molar-refractivity contribution in [2.45, 2.75) is 31.6 Å². The van der Waals surface area contributed by atoms with Gasteiger partial charge in [0.1, 0.15) is 6.04 Å². The Labute approximate surface area is 167 Å². The van der Waals surface area contributed by atoms with E-state index in [0.29, 0.717) is 5.56 Å². The lowest BCUT2D eigenvalue weighted by atomic mass is 10.0. The molecule has 0 bridgehead atoms. The second-order valence-corrected chi connectivity index (χ2v) is 7.62. The van der Waals surface area contributed by atoms with Crippen LogP contribution in [0.5, 0.6) is 0 Å². The van der Waals surface area contributed by atoms with Crippen LogP contribution < -0.4 is 5.32 Å². The maximum Gasteiger partial charge on any atom is 0.325 e. The molecule has 0 heterocycles. The number of nitrogens with one attached hydrogen (secondary N) is 1.